The highest BCUT2D eigenvalue weighted by Crippen LogP contribution is 2.28. The summed E-state index contributed by atoms with van der Waals surface area (Å²) >= 11 is 3.15. The Morgan fingerprint density at radius 1 is 1.20 bits per heavy atom. The van der Waals surface area contributed by atoms with Crippen molar-refractivity contribution in [2.45, 2.75) is 0 Å². The van der Waals surface area contributed by atoms with Gasteiger partial charge in [-0.05, 0) is 46.3 Å². The van der Waals surface area contributed by atoms with Crippen LogP contribution in [0.5, 0.6) is 11.5 Å². The lowest BCUT2D eigenvalue weighted by molar-refractivity contribution is -0.142. The van der Waals surface area contributed by atoms with E-state index in [-0.39, 0.29) is 0 Å². The van der Waals surface area contributed by atoms with Crippen LogP contribution < -0.4 is 14.8 Å². The van der Waals surface area contributed by atoms with Gasteiger partial charge in [-0.25, -0.2) is 4.79 Å². The third-order valence-electron chi connectivity index (χ3n) is 3.01. The molecular weight excluding hydrogens is 394 g/mol. The number of nitrogens with one attached hydrogen (secondary N) is 1. The second-order valence-electron chi connectivity index (χ2n) is 4.70. The summed E-state index contributed by atoms with van der Waals surface area (Å²) in [4.78, 5) is 23.5. The fourth-order valence-corrected chi connectivity index (χ4v) is 2.16. The first-order valence-electron chi connectivity index (χ1n) is 7.14. The summed E-state index contributed by atoms with van der Waals surface area (Å²) in [6.45, 7) is -0.430. The van der Waals surface area contributed by atoms with Gasteiger partial charge in [-0.3, -0.25) is 4.79 Å². The highest BCUT2D eigenvalue weighted by atomic mass is 79.9. The molecule has 0 fully saturated rings. The monoisotopic (exact) mass is 409 g/mol. The molecule has 0 radical (unpaired) electrons. The highest BCUT2D eigenvalue weighted by molar-refractivity contribution is 9.10. The van der Waals surface area contributed by atoms with Crippen molar-refractivity contribution in [3.8, 4) is 11.5 Å². The minimum absolute atomic E-state index is 0.430. The van der Waals surface area contributed by atoms with Crippen molar-refractivity contribution in [3.63, 3.8) is 0 Å². The second-order valence-corrected chi connectivity index (χ2v) is 5.48. The predicted molar refractivity (Wildman–Crippen MR) is 94.6 cm³/mol. The summed E-state index contributed by atoms with van der Waals surface area (Å²) in [6, 6.07) is 8.31. The lowest BCUT2D eigenvalue weighted by Gasteiger charge is -2.11. The molecule has 1 N–H and O–H groups in total. The van der Waals surface area contributed by atoms with Gasteiger partial charge in [0.25, 0.3) is 5.91 Å². The first kappa shape index (κ1) is 18.6. The Morgan fingerprint density at radius 3 is 2.64 bits per heavy atom. The number of esters is 1. The molecule has 0 spiro atoms. The minimum atomic E-state index is -0.663. The first-order valence-corrected chi connectivity index (χ1v) is 7.93. The molecule has 2 aromatic rings. The topological polar surface area (TPSA) is 87.0 Å². The van der Waals surface area contributed by atoms with E-state index in [1.807, 2.05) is 0 Å². The van der Waals surface area contributed by atoms with Crippen LogP contribution in [0.25, 0.3) is 6.08 Å². The number of hydrogen-bond donors (Lipinski definition) is 1. The van der Waals surface area contributed by atoms with Gasteiger partial charge in [-0.1, -0.05) is 0 Å². The molecular formula is C17H16BrNO6. The van der Waals surface area contributed by atoms with Gasteiger partial charge in [0.2, 0.25) is 0 Å². The molecule has 8 heteroatoms. The van der Waals surface area contributed by atoms with Crippen molar-refractivity contribution in [3.05, 3.63) is 46.8 Å². The van der Waals surface area contributed by atoms with E-state index in [1.165, 1.54) is 26.4 Å². The van der Waals surface area contributed by atoms with Gasteiger partial charge in [-0.15, -0.1) is 0 Å². The van der Waals surface area contributed by atoms with E-state index in [4.69, 9.17) is 18.6 Å². The molecule has 25 heavy (non-hydrogen) atoms. The largest absolute Gasteiger partial charge is 0.497 e. The number of benzene rings is 1. The number of methoxy groups -OCH3 is 2. The number of carbonyl (C=O) groups excluding carboxylic acids is 2. The molecule has 0 aliphatic rings. The van der Waals surface area contributed by atoms with Crippen LogP contribution in [-0.4, -0.2) is 32.7 Å². The van der Waals surface area contributed by atoms with E-state index in [0.717, 1.165) is 0 Å². The van der Waals surface area contributed by atoms with Crippen LogP contribution in [0.3, 0.4) is 0 Å². The normalized spacial score (nSPS) is 10.5. The molecule has 0 atom stereocenters. The summed E-state index contributed by atoms with van der Waals surface area (Å²) in [6.07, 6.45) is 2.62. The Morgan fingerprint density at radius 2 is 2.00 bits per heavy atom. The zero-order valence-corrected chi connectivity index (χ0v) is 15.2. The smallest absolute Gasteiger partial charge is 0.331 e. The molecule has 0 aliphatic carbocycles. The van der Waals surface area contributed by atoms with E-state index in [9.17, 15) is 9.59 Å². The number of rotatable bonds is 7. The molecule has 1 aromatic carbocycles. The van der Waals surface area contributed by atoms with E-state index in [2.05, 4.69) is 21.2 Å². The summed E-state index contributed by atoms with van der Waals surface area (Å²) in [5.41, 5.74) is 0.445. The van der Waals surface area contributed by atoms with Crippen molar-refractivity contribution >= 4 is 39.6 Å². The average Bonchev–Trinajstić information content (AvgIpc) is 3.03. The molecule has 0 saturated carbocycles. The lowest BCUT2D eigenvalue weighted by atomic mass is 10.2. The van der Waals surface area contributed by atoms with Crippen LogP contribution in [0.4, 0.5) is 5.69 Å². The van der Waals surface area contributed by atoms with Crippen LogP contribution in [-0.2, 0) is 14.3 Å². The van der Waals surface area contributed by atoms with E-state index < -0.39 is 18.5 Å². The van der Waals surface area contributed by atoms with Gasteiger partial charge in [0.15, 0.2) is 11.3 Å². The quantitative estimate of drug-likeness (QED) is 0.557. The molecule has 2 rings (SSSR count). The van der Waals surface area contributed by atoms with Crippen molar-refractivity contribution in [1.29, 1.82) is 0 Å². The number of anilines is 1. The van der Waals surface area contributed by atoms with E-state index >= 15 is 0 Å². The highest BCUT2D eigenvalue weighted by Gasteiger charge is 2.10. The Kier molecular flexibility index (Phi) is 6.64. The van der Waals surface area contributed by atoms with Gasteiger partial charge in [0.05, 0.1) is 19.9 Å². The maximum Gasteiger partial charge on any atom is 0.331 e. The maximum atomic E-state index is 11.9. The SMILES string of the molecule is COc1ccc(NC(=O)COC(=O)/C=C/c2ccc(Br)o2)c(OC)c1. The zero-order chi connectivity index (χ0) is 18.2. The Hall–Kier alpha value is -2.74. The summed E-state index contributed by atoms with van der Waals surface area (Å²) in [7, 11) is 3.00. The van der Waals surface area contributed by atoms with E-state index in [1.54, 1.807) is 30.3 Å². The third-order valence-corrected chi connectivity index (χ3v) is 3.43. The number of amides is 1. The van der Waals surface area contributed by atoms with Crippen LogP contribution in [0.15, 0.2) is 45.5 Å². The van der Waals surface area contributed by atoms with Gasteiger partial charge in [-0.2, -0.15) is 0 Å². The fraction of sp³-hybridized carbons (Fsp3) is 0.176. The standard InChI is InChI=1S/C17H16BrNO6/c1-22-12-3-6-13(14(9-12)23-2)19-16(20)10-24-17(21)8-5-11-4-7-15(18)25-11/h3-9H,10H2,1-2H3,(H,19,20)/b8-5+. The number of carbonyl (C=O) groups is 2. The van der Waals surface area contributed by atoms with E-state index in [0.29, 0.717) is 27.6 Å². The fourth-order valence-electron chi connectivity index (χ4n) is 1.84. The molecule has 1 amide bonds. The van der Waals surface area contributed by atoms with Crippen LogP contribution in [0, 0.1) is 0 Å². The number of furan rings is 1. The van der Waals surface area contributed by atoms with Crippen molar-refractivity contribution in [2.24, 2.45) is 0 Å². The van der Waals surface area contributed by atoms with Crippen LogP contribution >= 0.6 is 15.9 Å². The van der Waals surface area contributed by atoms with Crippen molar-refractivity contribution in [2.75, 3.05) is 26.1 Å². The Labute approximate surface area is 152 Å². The lowest BCUT2D eigenvalue weighted by Crippen LogP contribution is -2.20. The summed E-state index contributed by atoms with van der Waals surface area (Å²) in [5.74, 6) is 0.352. The number of ether oxygens (including phenoxy) is 3. The van der Waals surface area contributed by atoms with Crippen molar-refractivity contribution in [1.82, 2.24) is 0 Å². The minimum Gasteiger partial charge on any atom is -0.497 e. The number of hydrogen-bond acceptors (Lipinski definition) is 6. The number of halogens is 1. The molecule has 0 aliphatic heterocycles. The molecule has 0 saturated heterocycles. The molecule has 132 valence electrons. The van der Waals surface area contributed by atoms with Gasteiger partial charge >= 0.3 is 5.97 Å². The average molecular weight is 410 g/mol. The summed E-state index contributed by atoms with van der Waals surface area (Å²) in [5, 5.41) is 2.60. The van der Waals surface area contributed by atoms with Gasteiger partial charge in [0, 0.05) is 12.1 Å². The van der Waals surface area contributed by atoms with Crippen molar-refractivity contribution < 1.29 is 28.2 Å². The Bertz CT molecular complexity index is 783. The zero-order valence-electron chi connectivity index (χ0n) is 13.6. The third kappa shape index (κ3) is 5.68. The Balaban J connectivity index is 1.86. The molecule has 1 aromatic heterocycles. The first-order chi connectivity index (χ1) is 12.0. The van der Waals surface area contributed by atoms with Gasteiger partial charge in [0.1, 0.15) is 17.3 Å². The molecule has 0 unspecified atom stereocenters. The maximum absolute atomic E-state index is 11.9. The second kappa shape index (κ2) is 8.93. The molecule has 0 bridgehead atoms. The predicted octanol–water partition coefficient (Wildman–Crippen LogP) is 3.25. The van der Waals surface area contributed by atoms with Gasteiger partial charge < -0.3 is 23.9 Å². The van der Waals surface area contributed by atoms with Crippen LogP contribution in [0.1, 0.15) is 5.76 Å². The molecule has 1 heterocycles. The van der Waals surface area contributed by atoms with Crippen LogP contribution in [0.2, 0.25) is 0 Å². The molecule has 7 nitrogen and oxygen atoms in total. The summed E-state index contributed by atoms with van der Waals surface area (Å²) < 4.78 is 20.9.